The van der Waals surface area contributed by atoms with E-state index in [9.17, 15) is 18.3 Å². The Hall–Kier alpha value is -1.60. The van der Waals surface area contributed by atoms with Crippen LogP contribution in [0.1, 0.15) is 34.9 Å². The van der Waals surface area contributed by atoms with Crippen molar-refractivity contribution in [3.8, 4) is 5.75 Å². The molecule has 0 saturated heterocycles. The number of thiazole rings is 1. The predicted molar refractivity (Wildman–Crippen MR) is 73.4 cm³/mol. The molecule has 1 unspecified atom stereocenters. The minimum Gasteiger partial charge on any atom is -0.494 e. The van der Waals surface area contributed by atoms with Crippen molar-refractivity contribution in [1.82, 2.24) is 4.98 Å². The first-order chi connectivity index (χ1) is 9.91. The summed E-state index contributed by atoms with van der Waals surface area (Å²) in [5.41, 5.74) is 0.497. The fourth-order valence-electron chi connectivity index (χ4n) is 1.67. The zero-order valence-corrected chi connectivity index (χ0v) is 12.0. The molecule has 7 heteroatoms. The number of aliphatic hydroxyl groups is 1. The molecule has 1 N–H and O–H groups in total. The fourth-order valence-corrected chi connectivity index (χ4v) is 2.47. The number of rotatable bonds is 5. The molecule has 1 atom stereocenters. The Kier molecular flexibility index (Phi) is 4.84. The topological polar surface area (TPSA) is 42.4 Å². The van der Waals surface area contributed by atoms with Crippen molar-refractivity contribution in [2.75, 3.05) is 6.61 Å². The van der Waals surface area contributed by atoms with Gasteiger partial charge in [-0.3, -0.25) is 0 Å². The number of nitrogens with zero attached hydrogens (tertiary/aromatic N) is 1. The maximum Gasteiger partial charge on any atom is 0.443 e. The van der Waals surface area contributed by atoms with Gasteiger partial charge in [0, 0.05) is 6.20 Å². The molecule has 2 aromatic rings. The van der Waals surface area contributed by atoms with E-state index in [1.54, 1.807) is 24.3 Å². The van der Waals surface area contributed by atoms with E-state index in [0.29, 0.717) is 29.3 Å². The van der Waals surface area contributed by atoms with Crippen LogP contribution in [0.3, 0.4) is 0 Å². The zero-order valence-electron chi connectivity index (χ0n) is 11.2. The van der Waals surface area contributed by atoms with Crippen LogP contribution in [0.25, 0.3) is 0 Å². The molecule has 0 spiro atoms. The molecule has 1 aromatic carbocycles. The lowest BCUT2D eigenvalue weighted by Crippen LogP contribution is -2.03. The summed E-state index contributed by atoms with van der Waals surface area (Å²) in [5.74, 6) is 0.660. The Bertz CT molecular complexity index is 581. The normalized spacial score (nSPS) is 13.2. The summed E-state index contributed by atoms with van der Waals surface area (Å²) in [6.07, 6.45) is -3.68. The average Bonchev–Trinajstić information content (AvgIpc) is 2.95. The maximum absolute atomic E-state index is 12.5. The van der Waals surface area contributed by atoms with E-state index < -0.39 is 17.3 Å². The lowest BCUT2D eigenvalue weighted by atomic mass is 10.1. The lowest BCUT2D eigenvalue weighted by molar-refractivity contribution is -0.137. The molecule has 0 radical (unpaired) electrons. The first-order valence-corrected chi connectivity index (χ1v) is 7.17. The van der Waals surface area contributed by atoms with Crippen LogP contribution in [0.15, 0.2) is 30.5 Å². The van der Waals surface area contributed by atoms with Crippen molar-refractivity contribution < 1.29 is 23.0 Å². The van der Waals surface area contributed by atoms with Gasteiger partial charge in [-0.15, -0.1) is 11.3 Å². The maximum atomic E-state index is 12.5. The summed E-state index contributed by atoms with van der Waals surface area (Å²) >= 11 is 0.443. The van der Waals surface area contributed by atoms with E-state index in [4.69, 9.17) is 4.74 Å². The second-order valence-corrected chi connectivity index (χ2v) is 5.45. The molecule has 0 amide bonds. The highest BCUT2D eigenvalue weighted by molar-refractivity contribution is 7.11. The van der Waals surface area contributed by atoms with E-state index >= 15 is 0 Å². The number of hydrogen-bond donors (Lipinski definition) is 1. The van der Waals surface area contributed by atoms with Gasteiger partial charge in [0.15, 0.2) is 5.01 Å². The summed E-state index contributed by atoms with van der Waals surface area (Å²) in [7, 11) is 0. The van der Waals surface area contributed by atoms with E-state index in [1.807, 2.05) is 6.92 Å². The Morgan fingerprint density at radius 1 is 1.29 bits per heavy atom. The minimum atomic E-state index is -4.49. The van der Waals surface area contributed by atoms with Crippen LogP contribution >= 0.6 is 11.3 Å². The van der Waals surface area contributed by atoms with Crippen LogP contribution < -0.4 is 4.74 Å². The Morgan fingerprint density at radius 2 is 1.95 bits per heavy atom. The number of halogens is 3. The van der Waals surface area contributed by atoms with Gasteiger partial charge < -0.3 is 9.84 Å². The Balaban J connectivity index is 2.12. The minimum absolute atomic E-state index is 0.157. The number of aromatic nitrogens is 1. The predicted octanol–water partition coefficient (Wildman–Crippen LogP) is 4.03. The molecule has 21 heavy (non-hydrogen) atoms. The highest BCUT2D eigenvalue weighted by Crippen LogP contribution is 2.36. The second-order valence-electron chi connectivity index (χ2n) is 4.39. The summed E-state index contributed by atoms with van der Waals surface area (Å²) in [6.45, 7) is 2.58. The number of hydrogen-bond acceptors (Lipinski definition) is 4. The standard InChI is InChI=1S/C14H14F3NO2S/c1-2-7-20-10-5-3-9(4-6-10)12(19)11-8-18-13(21-11)14(15,16)17/h3-6,8,12,19H,2,7H2,1H3. The van der Waals surface area contributed by atoms with Crippen molar-refractivity contribution in [2.45, 2.75) is 25.6 Å². The number of benzene rings is 1. The van der Waals surface area contributed by atoms with Gasteiger partial charge in [0.2, 0.25) is 0 Å². The summed E-state index contributed by atoms with van der Waals surface area (Å²) in [4.78, 5) is 3.46. The SMILES string of the molecule is CCCOc1ccc(C(O)c2cnc(C(F)(F)F)s2)cc1. The second kappa shape index (κ2) is 6.44. The molecule has 114 valence electrons. The van der Waals surface area contributed by atoms with Crippen molar-refractivity contribution >= 4 is 11.3 Å². The molecule has 0 fully saturated rings. The molecular weight excluding hydrogens is 303 g/mol. The smallest absolute Gasteiger partial charge is 0.443 e. The van der Waals surface area contributed by atoms with Gasteiger partial charge in [0.05, 0.1) is 11.5 Å². The number of aliphatic hydroxyl groups excluding tert-OH is 1. The highest BCUT2D eigenvalue weighted by atomic mass is 32.1. The average molecular weight is 317 g/mol. The Labute approximate surface area is 124 Å². The third kappa shape index (κ3) is 3.95. The quantitative estimate of drug-likeness (QED) is 0.905. The molecule has 0 saturated carbocycles. The van der Waals surface area contributed by atoms with E-state index in [2.05, 4.69) is 4.98 Å². The van der Waals surface area contributed by atoms with Gasteiger partial charge in [-0.2, -0.15) is 13.2 Å². The van der Waals surface area contributed by atoms with Crippen molar-refractivity contribution in [3.63, 3.8) is 0 Å². The van der Waals surface area contributed by atoms with Crippen molar-refractivity contribution in [1.29, 1.82) is 0 Å². The number of alkyl halides is 3. The molecule has 0 bridgehead atoms. The van der Waals surface area contributed by atoms with Crippen LogP contribution in [-0.2, 0) is 6.18 Å². The highest BCUT2D eigenvalue weighted by Gasteiger charge is 2.35. The molecule has 2 rings (SSSR count). The molecule has 0 aliphatic heterocycles. The lowest BCUT2D eigenvalue weighted by Gasteiger charge is -2.10. The van der Waals surface area contributed by atoms with E-state index in [-0.39, 0.29) is 4.88 Å². The van der Waals surface area contributed by atoms with E-state index in [0.717, 1.165) is 12.6 Å². The summed E-state index contributed by atoms with van der Waals surface area (Å²) in [5, 5.41) is 9.14. The fraction of sp³-hybridized carbons (Fsp3) is 0.357. The van der Waals surface area contributed by atoms with Crippen LogP contribution in [0.4, 0.5) is 13.2 Å². The van der Waals surface area contributed by atoms with Gasteiger partial charge >= 0.3 is 6.18 Å². The van der Waals surface area contributed by atoms with Gasteiger partial charge in [-0.1, -0.05) is 19.1 Å². The molecule has 0 aliphatic rings. The monoisotopic (exact) mass is 317 g/mol. The van der Waals surface area contributed by atoms with Crippen LogP contribution in [-0.4, -0.2) is 16.7 Å². The van der Waals surface area contributed by atoms with Crippen LogP contribution in [0, 0.1) is 0 Å². The zero-order chi connectivity index (χ0) is 15.5. The van der Waals surface area contributed by atoms with Crippen LogP contribution in [0.5, 0.6) is 5.75 Å². The van der Waals surface area contributed by atoms with Crippen molar-refractivity contribution in [3.05, 3.63) is 45.9 Å². The largest absolute Gasteiger partial charge is 0.494 e. The molecule has 1 heterocycles. The van der Waals surface area contributed by atoms with Gasteiger partial charge in [0.25, 0.3) is 0 Å². The van der Waals surface area contributed by atoms with Gasteiger partial charge in [-0.25, -0.2) is 4.98 Å². The Morgan fingerprint density at radius 3 is 2.48 bits per heavy atom. The summed E-state index contributed by atoms with van der Waals surface area (Å²) < 4.78 is 42.9. The van der Waals surface area contributed by atoms with Crippen molar-refractivity contribution in [2.24, 2.45) is 0 Å². The molecular formula is C14H14F3NO2S. The first-order valence-electron chi connectivity index (χ1n) is 6.35. The molecule has 0 aliphatic carbocycles. The van der Waals surface area contributed by atoms with Gasteiger partial charge in [-0.05, 0) is 24.1 Å². The van der Waals surface area contributed by atoms with Gasteiger partial charge in [0.1, 0.15) is 11.9 Å². The van der Waals surface area contributed by atoms with E-state index in [1.165, 1.54) is 0 Å². The molecule has 3 nitrogen and oxygen atoms in total. The van der Waals surface area contributed by atoms with Crippen LogP contribution in [0.2, 0.25) is 0 Å². The number of ether oxygens (including phenoxy) is 1. The summed E-state index contributed by atoms with van der Waals surface area (Å²) in [6, 6.07) is 6.62. The third-order valence-corrected chi connectivity index (χ3v) is 3.80. The third-order valence-electron chi connectivity index (χ3n) is 2.70. The first kappa shape index (κ1) is 15.8. The molecule has 1 aromatic heterocycles.